The largest absolute Gasteiger partial charge is 0.479 e. The molecule has 0 atom stereocenters. The van der Waals surface area contributed by atoms with Gasteiger partial charge in [0, 0.05) is 5.69 Å². The highest BCUT2D eigenvalue weighted by molar-refractivity contribution is 7.91. The average molecular weight is 322 g/mol. The summed E-state index contributed by atoms with van der Waals surface area (Å²) < 4.78 is 31.6. The lowest BCUT2D eigenvalue weighted by molar-refractivity contribution is 0.368. The lowest BCUT2D eigenvalue weighted by Gasteiger charge is -2.01. The van der Waals surface area contributed by atoms with Crippen LogP contribution in [-0.2, 0) is 10.0 Å². The summed E-state index contributed by atoms with van der Waals surface area (Å²) in [5.41, 5.74) is 0.913. The fourth-order valence-corrected chi connectivity index (χ4v) is 3.35. The Bertz CT molecular complexity index is 727. The van der Waals surface area contributed by atoms with Gasteiger partial charge in [-0.1, -0.05) is 17.9 Å². The quantitative estimate of drug-likeness (QED) is 0.853. The van der Waals surface area contributed by atoms with E-state index >= 15 is 0 Å². The number of nitrogens with zero attached hydrogens (tertiary/aromatic N) is 1. The van der Waals surface area contributed by atoms with Gasteiger partial charge < -0.3 is 4.74 Å². The number of rotatable bonds is 5. The standard InChI is InChI=1S/C14H14N2O3S2/c1-12-6-7-13(11-15-12)19-9-3-2-8-16-21(17,18)14-5-4-10-20-14/h4-7,10-11,16H,8-9H2,1H3. The highest BCUT2D eigenvalue weighted by Gasteiger charge is 2.12. The summed E-state index contributed by atoms with van der Waals surface area (Å²) in [6, 6.07) is 6.89. The van der Waals surface area contributed by atoms with Gasteiger partial charge in [-0.3, -0.25) is 4.98 Å². The first-order valence-corrected chi connectivity index (χ1v) is 8.48. The summed E-state index contributed by atoms with van der Waals surface area (Å²) in [7, 11) is -3.45. The molecule has 0 aliphatic heterocycles. The number of sulfonamides is 1. The van der Waals surface area contributed by atoms with E-state index < -0.39 is 10.0 Å². The van der Waals surface area contributed by atoms with Crippen molar-refractivity contribution in [1.82, 2.24) is 9.71 Å². The summed E-state index contributed by atoms with van der Waals surface area (Å²) >= 11 is 1.17. The van der Waals surface area contributed by atoms with Crippen LogP contribution in [0.5, 0.6) is 5.75 Å². The van der Waals surface area contributed by atoms with E-state index in [0.29, 0.717) is 5.75 Å². The maximum atomic E-state index is 11.8. The Morgan fingerprint density at radius 3 is 2.86 bits per heavy atom. The molecular weight excluding hydrogens is 308 g/mol. The molecule has 2 aromatic heterocycles. The fraction of sp³-hybridized carbons (Fsp3) is 0.214. The molecule has 0 saturated carbocycles. The third kappa shape index (κ3) is 4.86. The van der Waals surface area contributed by atoms with Crippen LogP contribution in [0.15, 0.2) is 40.1 Å². The van der Waals surface area contributed by atoms with Crippen LogP contribution in [0.1, 0.15) is 5.69 Å². The third-order valence-corrected chi connectivity index (χ3v) is 5.23. The van der Waals surface area contributed by atoms with Gasteiger partial charge in [0.15, 0.2) is 0 Å². The van der Waals surface area contributed by atoms with Crippen molar-refractivity contribution in [2.75, 3.05) is 13.2 Å². The normalized spacial score (nSPS) is 10.7. The van der Waals surface area contributed by atoms with E-state index in [1.54, 1.807) is 23.7 Å². The van der Waals surface area contributed by atoms with Crippen LogP contribution in [0.3, 0.4) is 0 Å². The van der Waals surface area contributed by atoms with E-state index in [9.17, 15) is 8.42 Å². The Kier molecular flexibility index (Phi) is 5.33. The minimum absolute atomic E-state index is 0.0513. The summed E-state index contributed by atoms with van der Waals surface area (Å²) in [5.74, 6) is 6.08. The molecule has 0 fully saturated rings. The van der Waals surface area contributed by atoms with Gasteiger partial charge in [-0.2, -0.15) is 4.72 Å². The summed E-state index contributed by atoms with van der Waals surface area (Å²) in [4.78, 5) is 4.09. The highest BCUT2D eigenvalue weighted by Crippen LogP contribution is 2.14. The lowest BCUT2D eigenvalue weighted by Crippen LogP contribution is -2.23. The third-order valence-electron chi connectivity index (χ3n) is 2.43. The van der Waals surface area contributed by atoms with E-state index in [1.807, 2.05) is 19.1 Å². The van der Waals surface area contributed by atoms with Crippen LogP contribution < -0.4 is 9.46 Å². The SMILES string of the molecule is Cc1ccc(OCC#CCNS(=O)(=O)c2cccs2)cn1. The van der Waals surface area contributed by atoms with Crippen LogP contribution in [0.2, 0.25) is 0 Å². The van der Waals surface area contributed by atoms with Crippen LogP contribution in [-0.4, -0.2) is 26.6 Å². The molecule has 0 spiro atoms. The molecule has 2 aromatic rings. The first-order valence-electron chi connectivity index (χ1n) is 6.12. The maximum absolute atomic E-state index is 11.8. The molecule has 2 rings (SSSR count). The number of aryl methyl sites for hydroxylation is 1. The second-order valence-electron chi connectivity index (χ2n) is 4.03. The molecule has 0 aliphatic carbocycles. The van der Waals surface area contributed by atoms with Crippen molar-refractivity contribution in [3.05, 3.63) is 41.5 Å². The zero-order chi connectivity index (χ0) is 15.1. The van der Waals surface area contributed by atoms with Crippen LogP contribution in [0.25, 0.3) is 0 Å². The molecule has 0 aliphatic rings. The van der Waals surface area contributed by atoms with Gasteiger partial charge in [0.05, 0.1) is 12.7 Å². The van der Waals surface area contributed by atoms with Gasteiger partial charge in [0.25, 0.3) is 10.0 Å². The molecular formula is C14H14N2O3S2. The smallest absolute Gasteiger partial charge is 0.250 e. The molecule has 0 bridgehead atoms. The lowest BCUT2D eigenvalue weighted by atomic mass is 10.4. The van der Waals surface area contributed by atoms with Gasteiger partial charge >= 0.3 is 0 Å². The van der Waals surface area contributed by atoms with Gasteiger partial charge in [0.2, 0.25) is 0 Å². The van der Waals surface area contributed by atoms with E-state index in [2.05, 4.69) is 21.5 Å². The summed E-state index contributed by atoms with van der Waals surface area (Å²) in [6.45, 7) is 2.13. The zero-order valence-electron chi connectivity index (χ0n) is 11.4. The second kappa shape index (κ2) is 7.22. The van der Waals surface area contributed by atoms with Gasteiger partial charge in [-0.15, -0.1) is 11.3 Å². The molecule has 0 aromatic carbocycles. The Morgan fingerprint density at radius 2 is 2.19 bits per heavy atom. The molecule has 1 N–H and O–H groups in total. The van der Waals surface area contributed by atoms with Gasteiger partial charge in [-0.05, 0) is 30.5 Å². The number of aromatic nitrogens is 1. The van der Waals surface area contributed by atoms with Crippen molar-refractivity contribution in [3.63, 3.8) is 0 Å². The number of hydrogen-bond acceptors (Lipinski definition) is 5. The Hall–Kier alpha value is -1.88. The Balaban J connectivity index is 1.76. The van der Waals surface area contributed by atoms with Crippen molar-refractivity contribution in [3.8, 4) is 17.6 Å². The van der Waals surface area contributed by atoms with Crippen molar-refractivity contribution in [2.45, 2.75) is 11.1 Å². The van der Waals surface area contributed by atoms with Crippen molar-refractivity contribution < 1.29 is 13.2 Å². The number of thiophene rings is 1. The second-order valence-corrected chi connectivity index (χ2v) is 6.98. The van der Waals surface area contributed by atoms with Crippen LogP contribution >= 0.6 is 11.3 Å². The van der Waals surface area contributed by atoms with Gasteiger partial charge in [0.1, 0.15) is 16.6 Å². The molecule has 5 nitrogen and oxygen atoms in total. The summed E-state index contributed by atoms with van der Waals surface area (Å²) in [6.07, 6.45) is 1.62. The first-order chi connectivity index (χ1) is 10.1. The predicted molar refractivity (Wildman–Crippen MR) is 81.8 cm³/mol. The highest BCUT2D eigenvalue weighted by atomic mass is 32.2. The van der Waals surface area contributed by atoms with Crippen molar-refractivity contribution in [2.24, 2.45) is 0 Å². The maximum Gasteiger partial charge on any atom is 0.250 e. The topological polar surface area (TPSA) is 68.3 Å². The number of nitrogens with one attached hydrogen (secondary N) is 1. The minimum atomic E-state index is -3.45. The van der Waals surface area contributed by atoms with E-state index in [-0.39, 0.29) is 17.4 Å². The molecule has 21 heavy (non-hydrogen) atoms. The molecule has 2 heterocycles. The summed E-state index contributed by atoms with van der Waals surface area (Å²) in [5, 5.41) is 1.71. The molecule has 7 heteroatoms. The van der Waals surface area contributed by atoms with Crippen molar-refractivity contribution in [1.29, 1.82) is 0 Å². The molecule has 110 valence electrons. The van der Waals surface area contributed by atoms with Crippen LogP contribution in [0.4, 0.5) is 0 Å². The molecule has 0 unspecified atom stereocenters. The number of ether oxygens (including phenoxy) is 1. The molecule has 0 radical (unpaired) electrons. The van der Waals surface area contributed by atoms with Gasteiger partial charge in [-0.25, -0.2) is 8.42 Å². The zero-order valence-corrected chi connectivity index (χ0v) is 13.0. The number of pyridine rings is 1. The number of hydrogen-bond donors (Lipinski definition) is 1. The minimum Gasteiger partial charge on any atom is -0.479 e. The van der Waals surface area contributed by atoms with E-state index in [4.69, 9.17) is 4.74 Å². The van der Waals surface area contributed by atoms with E-state index in [1.165, 1.54) is 11.3 Å². The van der Waals surface area contributed by atoms with Crippen LogP contribution in [0, 0.1) is 18.8 Å². The average Bonchev–Trinajstić information content (AvgIpc) is 2.99. The predicted octanol–water partition coefficient (Wildman–Crippen LogP) is 1.81. The van der Waals surface area contributed by atoms with E-state index in [0.717, 1.165) is 5.69 Å². The molecule has 0 amide bonds. The monoisotopic (exact) mass is 322 g/mol. The Labute approximate surface area is 128 Å². The first kappa shape index (κ1) is 15.5. The fourth-order valence-electron chi connectivity index (χ4n) is 1.39. The Morgan fingerprint density at radius 1 is 1.33 bits per heavy atom. The molecule has 0 saturated heterocycles. The van der Waals surface area contributed by atoms with Crippen molar-refractivity contribution >= 4 is 21.4 Å².